The molecule has 3 heterocycles. The van der Waals surface area contributed by atoms with Gasteiger partial charge in [-0.1, -0.05) is 23.4 Å². The third-order valence-electron chi connectivity index (χ3n) is 6.16. The van der Waals surface area contributed by atoms with Gasteiger partial charge in [-0.2, -0.15) is 0 Å². The molecule has 0 aliphatic carbocycles. The van der Waals surface area contributed by atoms with Crippen LogP contribution in [0, 0.1) is 13.8 Å². The van der Waals surface area contributed by atoms with Crippen LogP contribution in [0.5, 0.6) is 0 Å². The predicted molar refractivity (Wildman–Crippen MR) is 121 cm³/mol. The van der Waals surface area contributed by atoms with E-state index >= 15 is 0 Å². The van der Waals surface area contributed by atoms with E-state index in [-0.39, 0.29) is 24.0 Å². The molecule has 1 fully saturated rings. The van der Waals surface area contributed by atoms with Gasteiger partial charge < -0.3 is 5.32 Å². The average molecular weight is 458 g/mol. The molecule has 3 aromatic rings. The molecule has 172 valence electrons. The number of carbonyl (C=O) groups excluding carboxylic acids is 4. The molecule has 5 rings (SSSR count). The van der Waals surface area contributed by atoms with Gasteiger partial charge in [-0.25, -0.2) is 4.68 Å². The summed E-state index contributed by atoms with van der Waals surface area (Å²) in [7, 11) is 0. The summed E-state index contributed by atoms with van der Waals surface area (Å²) >= 11 is 0. The quantitative estimate of drug-likeness (QED) is 0.559. The molecule has 2 aliphatic heterocycles. The lowest BCUT2D eigenvalue weighted by atomic mass is 10.0. The number of aryl methyl sites for hydroxylation is 2. The van der Waals surface area contributed by atoms with Gasteiger partial charge in [0.25, 0.3) is 11.8 Å². The molecule has 1 saturated heterocycles. The average Bonchev–Trinajstić information content (AvgIpc) is 3.37. The summed E-state index contributed by atoms with van der Waals surface area (Å²) in [6, 6.07) is 9.87. The fraction of sp³-hybridized carbons (Fsp3) is 0.250. The Balaban J connectivity index is 1.35. The first-order valence-electron chi connectivity index (χ1n) is 10.9. The molecule has 2 aromatic carbocycles. The monoisotopic (exact) mass is 458 g/mol. The summed E-state index contributed by atoms with van der Waals surface area (Å²) < 4.78 is 1.54. The molecule has 1 unspecified atom stereocenters. The van der Waals surface area contributed by atoms with Crippen LogP contribution in [0.2, 0.25) is 0 Å². The second kappa shape index (κ2) is 8.22. The van der Waals surface area contributed by atoms with Crippen molar-refractivity contribution >= 4 is 29.3 Å². The number of nitrogens with one attached hydrogen (secondary N) is 2. The minimum atomic E-state index is -0.998. The van der Waals surface area contributed by atoms with Crippen LogP contribution in [0.15, 0.2) is 42.6 Å². The van der Waals surface area contributed by atoms with Gasteiger partial charge in [-0.05, 0) is 49.6 Å². The standard InChI is InChI=1S/C24H22N6O4/c1-13-4-3-5-14(2)21(13)25-11-15-12-29(28-27-15)16-6-7-17-18(10-16)24(34)30(23(17)33)19-8-9-20(31)26-22(19)32/h3-7,10,12,19,25H,8-9,11H2,1-2H3,(H,26,31,32). The Morgan fingerprint density at radius 3 is 2.50 bits per heavy atom. The van der Waals surface area contributed by atoms with Gasteiger partial charge in [0.05, 0.1) is 29.6 Å². The first-order chi connectivity index (χ1) is 16.3. The van der Waals surface area contributed by atoms with Crippen molar-refractivity contribution < 1.29 is 19.2 Å². The number of nitrogens with zero attached hydrogens (tertiary/aromatic N) is 4. The number of hydrogen-bond acceptors (Lipinski definition) is 7. The Bertz CT molecular complexity index is 1340. The first kappa shape index (κ1) is 21.5. The lowest BCUT2D eigenvalue weighted by molar-refractivity contribution is -0.136. The Labute approximate surface area is 194 Å². The van der Waals surface area contributed by atoms with Crippen LogP contribution in [0.25, 0.3) is 5.69 Å². The van der Waals surface area contributed by atoms with Crippen LogP contribution in [-0.2, 0) is 16.1 Å². The zero-order valence-electron chi connectivity index (χ0n) is 18.7. The maximum Gasteiger partial charge on any atom is 0.262 e. The highest BCUT2D eigenvalue weighted by atomic mass is 16.2. The molecule has 0 radical (unpaired) electrons. The number of fused-ring (bicyclic) bond motifs is 1. The van der Waals surface area contributed by atoms with Crippen LogP contribution < -0.4 is 10.6 Å². The molecular formula is C24H22N6O4. The molecule has 4 amide bonds. The van der Waals surface area contributed by atoms with E-state index in [0.29, 0.717) is 17.9 Å². The van der Waals surface area contributed by atoms with E-state index in [4.69, 9.17) is 0 Å². The Morgan fingerprint density at radius 2 is 1.76 bits per heavy atom. The fourth-order valence-corrected chi connectivity index (χ4v) is 4.38. The highest BCUT2D eigenvalue weighted by Gasteiger charge is 2.44. The Morgan fingerprint density at radius 1 is 1.03 bits per heavy atom. The molecule has 10 nitrogen and oxygen atoms in total. The largest absolute Gasteiger partial charge is 0.379 e. The molecule has 34 heavy (non-hydrogen) atoms. The number of carbonyl (C=O) groups is 4. The molecule has 0 bridgehead atoms. The first-order valence-corrected chi connectivity index (χ1v) is 10.9. The van der Waals surface area contributed by atoms with Gasteiger partial charge in [-0.15, -0.1) is 5.10 Å². The number of para-hydroxylation sites is 1. The third kappa shape index (κ3) is 3.62. The van der Waals surface area contributed by atoms with Gasteiger partial charge in [0.15, 0.2) is 0 Å². The molecule has 1 aromatic heterocycles. The highest BCUT2D eigenvalue weighted by Crippen LogP contribution is 2.29. The van der Waals surface area contributed by atoms with E-state index in [0.717, 1.165) is 21.7 Å². The maximum absolute atomic E-state index is 13.0. The number of aromatic nitrogens is 3. The van der Waals surface area contributed by atoms with Crippen molar-refractivity contribution in [1.29, 1.82) is 0 Å². The summed E-state index contributed by atoms with van der Waals surface area (Å²) in [5, 5.41) is 13.9. The number of hydrogen-bond donors (Lipinski definition) is 2. The molecule has 1 atom stereocenters. The summed E-state index contributed by atoms with van der Waals surface area (Å²) in [6.07, 6.45) is 1.94. The van der Waals surface area contributed by atoms with E-state index in [1.165, 1.54) is 4.68 Å². The molecule has 2 aliphatic rings. The summed E-state index contributed by atoms with van der Waals surface area (Å²) in [5.41, 5.74) is 5.00. The molecule has 0 saturated carbocycles. The minimum absolute atomic E-state index is 0.0763. The van der Waals surface area contributed by atoms with E-state index in [1.807, 2.05) is 32.0 Å². The van der Waals surface area contributed by atoms with Gasteiger partial charge >= 0.3 is 0 Å². The van der Waals surface area contributed by atoms with E-state index in [2.05, 4.69) is 20.9 Å². The third-order valence-corrected chi connectivity index (χ3v) is 6.16. The number of anilines is 1. The number of piperidine rings is 1. The number of amides is 4. The molecule has 2 N–H and O–H groups in total. The van der Waals surface area contributed by atoms with E-state index in [1.54, 1.807) is 24.4 Å². The fourth-order valence-electron chi connectivity index (χ4n) is 4.38. The summed E-state index contributed by atoms with van der Waals surface area (Å²) in [5.74, 6) is -2.15. The van der Waals surface area contributed by atoms with Gasteiger partial charge in [0.1, 0.15) is 11.7 Å². The maximum atomic E-state index is 13.0. The van der Waals surface area contributed by atoms with Gasteiger partial charge in [0.2, 0.25) is 11.8 Å². The topological polar surface area (TPSA) is 126 Å². The van der Waals surface area contributed by atoms with Crippen molar-refractivity contribution in [2.75, 3.05) is 5.32 Å². The minimum Gasteiger partial charge on any atom is -0.379 e. The van der Waals surface area contributed by atoms with Crippen molar-refractivity contribution in [3.63, 3.8) is 0 Å². The molecular weight excluding hydrogens is 436 g/mol. The summed E-state index contributed by atoms with van der Waals surface area (Å²) in [6.45, 7) is 4.54. The van der Waals surface area contributed by atoms with Crippen molar-refractivity contribution in [3.8, 4) is 5.69 Å². The van der Waals surface area contributed by atoms with Crippen molar-refractivity contribution in [2.45, 2.75) is 39.3 Å². The van der Waals surface area contributed by atoms with Gasteiger partial charge in [0, 0.05) is 12.1 Å². The predicted octanol–water partition coefficient (Wildman–Crippen LogP) is 1.90. The van der Waals surface area contributed by atoms with Crippen molar-refractivity contribution in [1.82, 2.24) is 25.2 Å². The van der Waals surface area contributed by atoms with Crippen LogP contribution in [-0.4, -0.2) is 49.6 Å². The van der Waals surface area contributed by atoms with Crippen LogP contribution in [0.1, 0.15) is 50.4 Å². The van der Waals surface area contributed by atoms with Crippen LogP contribution >= 0.6 is 0 Å². The lowest BCUT2D eigenvalue weighted by Crippen LogP contribution is -2.54. The van der Waals surface area contributed by atoms with E-state index in [9.17, 15) is 19.2 Å². The lowest BCUT2D eigenvalue weighted by Gasteiger charge is -2.27. The highest BCUT2D eigenvalue weighted by molar-refractivity contribution is 6.23. The molecule has 10 heteroatoms. The Hall–Kier alpha value is -4.34. The zero-order chi connectivity index (χ0) is 24.0. The second-order valence-corrected chi connectivity index (χ2v) is 8.45. The van der Waals surface area contributed by atoms with E-state index < -0.39 is 29.7 Å². The number of imide groups is 2. The smallest absolute Gasteiger partial charge is 0.262 e. The van der Waals surface area contributed by atoms with Crippen molar-refractivity contribution in [3.05, 3.63) is 70.5 Å². The number of benzene rings is 2. The summed E-state index contributed by atoms with van der Waals surface area (Å²) in [4.78, 5) is 50.5. The SMILES string of the molecule is Cc1cccc(C)c1NCc1cn(-c2ccc3c(c2)C(=O)N(C2CCC(=O)NC2=O)C3=O)nn1. The van der Waals surface area contributed by atoms with Gasteiger partial charge in [-0.3, -0.25) is 29.4 Å². The van der Waals surface area contributed by atoms with Crippen LogP contribution in [0.3, 0.4) is 0 Å². The normalized spacial score (nSPS) is 17.7. The van der Waals surface area contributed by atoms with Crippen molar-refractivity contribution in [2.24, 2.45) is 0 Å². The van der Waals surface area contributed by atoms with Crippen LogP contribution in [0.4, 0.5) is 5.69 Å². The number of rotatable bonds is 5. The second-order valence-electron chi connectivity index (χ2n) is 8.45. The Kier molecular flexibility index (Phi) is 5.20. The molecule has 0 spiro atoms. The zero-order valence-corrected chi connectivity index (χ0v) is 18.7.